The normalized spacial score (nSPS) is 10.0. The van der Waals surface area contributed by atoms with Gasteiger partial charge in [-0.15, -0.1) is 0 Å². The Morgan fingerprint density at radius 3 is 2.93 bits per heavy atom. The van der Waals surface area contributed by atoms with Crippen molar-refractivity contribution < 1.29 is 11.0 Å². The smallest absolute Gasteiger partial charge is 0.412 e. The molecular formula is C10H16N2O2. The van der Waals surface area contributed by atoms with E-state index in [9.17, 15) is 4.79 Å². The van der Waals surface area contributed by atoms with E-state index in [1.165, 1.54) is 7.11 Å². The maximum absolute atomic E-state index is 10.9. The predicted octanol–water partition coefficient (Wildman–Crippen LogP) is 2.63. The van der Waals surface area contributed by atoms with Crippen LogP contribution in [0.25, 0.3) is 0 Å². The zero-order valence-electron chi connectivity index (χ0n) is 8.57. The van der Waals surface area contributed by atoms with Crippen LogP contribution in [0, 0.1) is 0 Å². The second-order valence-electron chi connectivity index (χ2n) is 3.25. The molecule has 1 aromatic heterocycles. The monoisotopic (exact) mass is 196 g/mol. The third kappa shape index (κ3) is 2.73. The van der Waals surface area contributed by atoms with Gasteiger partial charge in [0.1, 0.15) is 5.82 Å². The van der Waals surface area contributed by atoms with Crippen molar-refractivity contribution in [1.82, 2.24) is 4.98 Å². The topological polar surface area (TPSA) is 51.2 Å². The van der Waals surface area contributed by atoms with E-state index in [0.717, 1.165) is 5.56 Å². The molecule has 0 spiro atoms. The van der Waals surface area contributed by atoms with Crippen LogP contribution in [0.4, 0.5) is 10.6 Å². The first kappa shape index (κ1) is 10.5. The van der Waals surface area contributed by atoms with E-state index in [0.29, 0.717) is 11.7 Å². The lowest BCUT2D eigenvalue weighted by Gasteiger charge is -2.07. The number of carbonyl (C=O) groups excluding carboxylic acids is 1. The molecule has 4 nitrogen and oxygen atoms in total. The molecule has 1 heterocycles. The standard InChI is InChI=1S/C10H14N2O2.H2/c1-7(2)8-4-5-11-9(6-8)12-10(13)14-3;/h4-7H,1-3H3,(H,11,12,13);1H. The zero-order valence-corrected chi connectivity index (χ0v) is 8.57. The lowest BCUT2D eigenvalue weighted by molar-refractivity contribution is 0.187. The summed E-state index contributed by atoms with van der Waals surface area (Å²) in [6.07, 6.45) is 1.17. The van der Waals surface area contributed by atoms with Crippen LogP contribution in [0.15, 0.2) is 18.3 Å². The number of hydrogen-bond acceptors (Lipinski definition) is 3. The van der Waals surface area contributed by atoms with Crippen LogP contribution in [-0.2, 0) is 4.74 Å². The van der Waals surface area contributed by atoms with E-state index in [1.807, 2.05) is 12.1 Å². The quantitative estimate of drug-likeness (QED) is 0.791. The van der Waals surface area contributed by atoms with E-state index in [-0.39, 0.29) is 1.43 Å². The minimum Gasteiger partial charge on any atom is -0.453 e. The maximum Gasteiger partial charge on any atom is 0.412 e. The Labute approximate surface area is 84.8 Å². The minimum atomic E-state index is -0.501. The molecule has 4 heteroatoms. The molecule has 0 atom stereocenters. The van der Waals surface area contributed by atoms with E-state index in [2.05, 4.69) is 28.9 Å². The van der Waals surface area contributed by atoms with Crippen molar-refractivity contribution >= 4 is 11.9 Å². The molecule has 1 N–H and O–H groups in total. The Morgan fingerprint density at radius 1 is 1.64 bits per heavy atom. The number of aromatic nitrogens is 1. The van der Waals surface area contributed by atoms with E-state index in [1.54, 1.807) is 6.20 Å². The number of carbonyl (C=O) groups is 1. The minimum absolute atomic E-state index is 0. The predicted molar refractivity (Wildman–Crippen MR) is 56.5 cm³/mol. The summed E-state index contributed by atoms with van der Waals surface area (Å²) in [4.78, 5) is 14.9. The van der Waals surface area contributed by atoms with Crippen LogP contribution in [0.1, 0.15) is 26.8 Å². The molecule has 1 aromatic rings. The molecule has 1 amide bonds. The second-order valence-corrected chi connectivity index (χ2v) is 3.25. The van der Waals surface area contributed by atoms with Gasteiger partial charge in [0.25, 0.3) is 0 Å². The van der Waals surface area contributed by atoms with Crippen LogP contribution in [0.3, 0.4) is 0 Å². The molecule has 0 unspecified atom stereocenters. The third-order valence-electron chi connectivity index (χ3n) is 1.87. The highest BCUT2D eigenvalue weighted by Crippen LogP contribution is 2.16. The number of methoxy groups -OCH3 is 1. The summed E-state index contributed by atoms with van der Waals surface area (Å²) in [6.45, 7) is 4.16. The molecule has 78 valence electrons. The highest BCUT2D eigenvalue weighted by molar-refractivity contribution is 5.83. The van der Waals surface area contributed by atoms with Crippen LogP contribution >= 0.6 is 0 Å². The van der Waals surface area contributed by atoms with Gasteiger partial charge in [0, 0.05) is 7.62 Å². The van der Waals surface area contributed by atoms with Gasteiger partial charge >= 0.3 is 6.09 Å². The first-order valence-corrected chi connectivity index (χ1v) is 4.44. The Kier molecular flexibility index (Phi) is 3.45. The summed E-state index contributed by atoms with van der Waals surface area (Å²) in [7, 11) is 1.32. The molecule has 0 fully saturated rings. The molecule has 14 heavy (non-hydrogen) atoms. The van der Waals surface area contributed by atoms with Crippen molar-refractivity contribution in [2.45, 2.75) is 19.8 Å². The van der Waals surface area contributed by atoms with Crippen molar-refractivity contribution in [1.29, 1.82) is 0 Å². The van der Waals surface area contributed by atoms with E-state index < -0.39 is 6.09 Å². The Hall–Kier alpha value is -1.58. The first-order chi connectivity index (χ1) is 6.63. The fourth-order valence-corrected chi connectivity index (χ4v) is 1.03. The number of nitrogens with zero attached hydrogens (tertiary/aromatic N) is 1. The average molecular weight is 196 g/mol. The van der Waals surface area contributed by atoms with Gasteiger partial charge in [-0.2, -0.15) is 0 Å². The van der Waals surface area contributed by atoms with Crippen LogP contribution in [0.5, 0.6) is 0 Å². The van der Waals surface area contributed by atoms with Gasteiger partial charge in [0.2, 0.25) is 0 Å². The van der Waals surface area contributed by atoms with Gasteiger partial charge in [-0.05, 0) is 23.6 Å². The van der Waals surface area contributed by atoms with Crippen LogP contribution < -0.4 is 5.32 Å². The second kappa shape index (κ2) is 4.60. The van der Waals surface area contributed by atoms with Crippen LogP contribution in [0.2, 0.25) is 0 Å². The summed E-state index contributed by atoms with van der Waals surface area (Å²) in [5, 5.41) is 2.51. The highest BCUT2D eigenvalue weighted by atomic mass is 16.5. The Balaban J connectivity index is 0.00000196. The lowest BCUT2D eigenvalue weighted by Crippen LogP contribution is -2.12. The highest BCUT2D eigenvalue weighted by Gasteiger charge is 2.04. The summed E-state index contributed by atoms with van der Waals surface area (Å²) in [5.41, 5.74) is 1.13. The number of amides is 1. The molecule has 0 aliphatic carbocycles. The largest absolute Gasteiger partial charge is 0.453 e. The van der Waals surface area contributed by atoms with Crippen molar-refractivity contribution in [3.8, 4) is 0 Å². The molecule has 0 saturated heterocycles. The number of hydrogen-bond donors (Lipinski definition) is 1. The summed E-state index contributed by atoms with van der Waals surface area (Å²) in [5.74, 6) is 0.930. The van der Waals surface area contributed by atoms with Crippen molar-refractivity contribution in [3.05, 3.63) is 23.9 Å². The number of anilines is 1. The fraction of sp³-hybridized carbons (Fsp3) is 0.400. The van der Waals surface area contributed by atoms with Gasteiger partial charge < -0.3 is 4.74 Å². The first-order valence-electron chi connectivity index (χ1n) is 4.44. The molecule has 0 radical (unpaired) electrons. The molecule has 0 saturated carbocycles. The van der Waals surface area contributed by atoms with Gasteiger partial charge in [-0.25, -0.2) is 9.78 Å². The number of pyridine rings is 1. The molecule has 1 rings (SSSR count). The van der Waals surface area contributed by atoms with Crippen molar-refractivity contribution in [2.24, 2.45) is 0 Å². The van der Waals surface area contributed by atoms with Crippen molar-refractivity contribution in [2.75, 3.05) is 12.4 Å². The number of ether oxygens (including phenoxy) is 1. The number of nitrogens with one attached hydrogen (secondary N) is 1. The van der Waals surface area contributed by atoms with Crippen LogP contribution in [-0.4, -0.2) is 18.2 Å². The molecule has 0 aromatic carbocycles. The van der Waals surface area contributed by atoms with E-state index >= 15 is 0 Å². The van der Waals surface area contributed by atoms with Gasteiger partial charge in [0.05, 0.1) is 7.11 Å². The van der Waals surface area contributed by atoms with Gasteiger partial charge in [-0.1, -0.05) is 13.8 Å². The maximum atomic E-state index is 10.9. The van der Waals surface area contributed by atoms with E-state index in [4.69, 9.17) is 0 Å². The molecule has 0 aliphatic heterocycles. The Morgan fingerprint density at radius 2 is 2.36 bits per heavy atom. The van der Waals surface area contributed by atoms with Gasteiger partial charge in [-0.3, -0.25) is 5.32 Å². The molecule has 0 bridgehead atoms. The van der Waals surface area contributed by atoms with Crippen molar-refractivity contribution in [3.63, 3.8) is 0 Å². The third-order valence-corrected chi connectivity index (χ3v) is 1.87. The summed E-state index contributed by atoms with van der Waals surface area (Å²) >= 11 is 0. The zero-order chi connectivity index (χ0) is 10.6. The average Bonchev–Trinajstić information content (AvgIpc) is 2.18. The summed E-state index contributed by atoms with van der Waals surface area (Å²) in [6, 6.07) is 3.76. The Bertz CT molecular complexity index is 329. The molecular weight excluding hydrogens is 180 g/mol. The van der Waals surface area contributed by atoms with Gasteiger partial charge in [0.15, 0.2) is 0 Å². The summed E-state index contributed by atoms with van der Waals surface area (Å²) < 4.78 is 4.46. The number of rotatable bonds is 2. The molecule has 0 aliphatic rings. The SMILES string of the molecule is COC(=O)Nc1cc(C(C)C)ccn1.[HH]. The lowest BCUT2D eigenvalue weighted by atomic mass is 10.1. The fourth-order valence-electron chi connectivity index (χ4n) is 1.03.